The van der Waals surface area contributed by atoms with Gasteiger partial charge in [-0.1, -0.05) is 23.7 Å². The Morgan fingerprint density at radius 2 is 2.35 bits per heavy atom. The Labute approximate surface area is 139 Å². The van der Waals surface area contributed by atoms with Crippen LogP contribution in [0.15, 0.2) is 22.7 Å². The van der Waals surface area contributed by atoms with Gasteiger partial charge in [0.25, 0.3) is 5.91 Å². The van der Waals surface area contributed by atoms with Crippen LogP contribution in [-0.4, -0.2) is 17.7 Å². The molecule has 1 heterocycles. The molecular weight excluding hydrogens is 316 g/mol. The first kappa shape index (κ1) is 15.9. The average Bonchev–Trinajstić information content (AvgIpc) is 2.91. The first-order valence-corrected chi connectivity index (χ1v) is 8.07. The van der Waals surface area contributed by atoms with Crippen molar-refractivity contribution in [3.05, 3.63) is 40.0 Å². The molecule has 0 saturated heterocycles. The van der Waals surface area contributed by atoms with Crippen molar-refractivity contribution in [1.29, 1.82) is 0 Å². The summed E-state index contributed by atoms with van der Waals surface area (Å²) in [4.78, 5) is 12.1. The smallest absolute Gasteiger partial charge is 0.264 e. The third-order valence-electron chi connectivity index (χ3n) is 4.05. The number of ether oxygens (including phenoxy) is 1. The summed E-state index contributed by atoms with van der Waals surface area (Å²) in [6.07, 6.45) is 2.88. The zero-order chi connectivity index (χ0) is 16.4. The summed E-state index contributed by atoms with van der Waals surface area (Å²) >= 11 is 5.96. The van der Waals surface area contributed by atoms with E-state index in [1.165, 1.54) is 0 Å². The Hall–Kier alpha value is -2.01. The molecule has 0 aliphatic heterocycles. The molecule has 23 heavy (non-hydrogen) atoms. The van der Waals surface area contributed by atoms with Crippen LogP contribution in [0.4, 0.5) is 5.88 Å². The fourth-order valence-electron chi connectivity index (χ4n) is 2.70. The van der Waals surface area contributed by atoms with Gasteiger partial charge in [0, 0.05) is 10.6 Å². The standard InChI is InChI=1S/C17H19ClN2O3/c1-10-3-6-15-13(7-10)17(23-20-15)19-16(21)9-22-12-4-5-14(18)11(2)8-12/h4-5,8,10H,3,6-7,9H2,1-2H3,(H,19,21)/t10-/m1/s1. The highest BCUT2D eigenvalue weighted by Gasteiger charge is 2.24. The Morgan fingerprint density at radius 3 is 3.13 bits per heavy atom. The molecule has 0 radical (unpaired) electrons. The molecule has 2 aromatic rings. The van der Waals surface area contributed by atoms with E-state index in [2.05, 4.69) is 17.4 Å². The highest BCUT2D eigenvalue weighted by Crippen LogP contribution is 2.30. The zero-order valence-corrected chi connectivity index (χ0v) is 13.9. The summed E-state index contributed by atoms with van der Waals surface area (Å²) in [6.45, 7) is 3.98. The summed E-state index contributed by atoms with van der Waals surface area (Å²) < 4.78 is 10.8. The van der Waals surface area contributed by atoms with Crippen molar-refractivity contribution in [2.24, 2.45) is 5.92 Å². The minimum atomic E-state index is -0.269. The number of anilines is 1. The van der Waals surface area contributed by atoms with Gasteiger partial charge in [0.1, 0.15) is 5.75 Å². The lowest BCUT2D eigenvalue weighted by Crippen LogP contribution is -2.21. The van der Waals surface area contributed by atoms with Crippen molar-refractivity contribution in [2.75, 3.05) is 11.9 Å². The number of fused-ring (bicyclic) bond motifs is 1. The van der Waals surface area contributed by atoms with Gasteiger partial charge >= 0.3 is 0 Å². The SMILES string of the molecule is Cc1cc(OCC(=O)Nc2onc3c2C[C@H](C)CC3)ccc1Cl. The maximum Gasteiger partial charge on any atom is 0.264 e. The number of carbonyl (C=O) groups excluding carboxylic acids is 1. The molecule has 0 bridgehead atoms. The lowest BCUT2D eigenvalue weighted by Gasteiger charge is -2.16. The van der Waals surface area contributed by atoms with Gasteiger partial charge in [0.2, 0.25) is 5.88 Å². The van der Waals surface area contributed by atoms with Crippen molar-refractivity contribution < 1.29 is 14.1 Å². The van der Waals surface area contributed by atoms with Crippen LogP contribution in [-0.2, 0) is 17.6 Å². The van der Waals surface area contributed by atoms with Crippen molar-refractivity contribution in [2.45, 2.75) is 33.1 Å². The number of nitrogens with zero attached hydrogens (tertiary/aromatic N) is 1. The molecular formula is C17H19ClN2O3. The molecule has 0 saturated carbocycles. The van der Waals surface area contributed by atoms with Crippen molar-refractivity contribution in [3.63, 3.8) is 0 Å². The fourth-order valence-corrected chi connectivity index (χ4v) is 2.82. The molecule has 0 fully saturated rings. The van der Waals surface area contributed by atoms with Crippen molar-refractivity contribution >= 4 is 23.4 Å². The third kappa shape index (κ3) is 3.67. The monoisotopic (exact) mass is 334 g/mol. The number of benzene rings is 1. The van der Waals surface area contributed by atoms with Gasteiger partial charge in [-0.2, -0.15) is 0 Å². The summed E-state index contributed by atoms with van der Waals surface area (Å²) in [5.41, 5.74) is 2.87. The van der Waals surface area contributed by atoms with Gasteiger partial charge in [-0.05, 0) is 55.9 Å². The van der Waals surface area contributed by atoms with Crippen LogP contribution in [0.5, 0.6) is 5.75 Å². The second kappa shape index (κ2) is 6.62. The number of hydrogen-bond donors (Lipinski definition) is 1. The highest BCUT2D eigenvalue weighted by molar-refractivity contribution is 6.31. The van der Waals surface area contributed by atoms with E-state index in [-0.39, 0.29) is 12.5 Å². The van der Waals surface area contributed by atoms with E-state index in [1.54, 1.807) is 18.2 Å². The average molecular weight is 335 g/mol. The first-order chi connectivity index (χ1) is 11.0. The van der Waals surface area contributed by atoms with Gasteiger partial charge in [-0.3, -0.25) is 10.1 Å². The molecule has 1 aliphatic carbocycles. The molecule has 122 valence electrons. The normalized spacial score (nSPS) is 16.7. The molecule has 1 aromatic carbocycles. The van der Waals surface area contributed by atoms with Crippen LogP contribution in [0.2, 0.25) is 5.02 Å². The Kier molecular flexibility index (Phi) is 4.57. The molecule has 5 nitrogen and oxygen atoms in total. The maximum atomic E-state index is 12.1. The molecule has 1 amide bonds. The van der Waals surface area contributed by atoms with Crippen LogP contribution >= 0.6 is 11.6 Å². The topological polar surface area (TPSA) is 64.4 Å². The minimum absolute atomic E-state index is 0.0912. The highest BCUT2D eigenvalue weighted by atomic mass is 35.5. The van der Waals surface area contributed by atoms with Gasteiger partial charge in [-0.25, -0.2) is 0 Å². The minimum Gasteiger partial charge on any atom is -0.484 e. The Balaban J connectivity index is 1.59. The number of carbonyl (C=O) groups is 1. The van der Waals surface area contributed by atoms with Crippen molar-refractivity contribution in [1.82, 2.24) is 5.16 Å². The van der Waals surface area contributed by atoms with Crippen LogP contribution in [0.3, 0.4) is 0 Å². The lowest BCUT2D eigenvalue weighted by molar-refractivity contribution is -0.118. The number of nitrogens with one attached hydrogen (secondary N) is 1. The van der Waals surface area contributed by atoms with E-state index < -0.39 is 0 Å². The van der Waals surface area contributed by atoms with Gasteiger partial charge < -0.3 is 9.26 Å². The predicted molar refractivity (Wildman–Crippen MR) is 88.0 cm³/mol. The number of aryl methyl sites for hydroxylation is 2. The van der Waals surface area contributed by atoms with E-state index in [0.29, 0.717) is 22.6 Å². The van der Waals surface area contributed by atoms with E-state index in [0.717, 1.165) is 36.1 Å². The summed E-state index contributed by atoms with van der Waals surface area (Å²) in [7, 11) is 0. The third-order valence-corrected chi connectivity index (χ3v) is 4.47. The van der Waals surface area contributed by atoms with E-state index in [4.69, 9.17) is 20.9 Å². The summed E-state index contributed by atoms with van der Waals surface area (Å²) in [5, 5.41) is 7.46. The Morgan fingerprint density at radius 1 is 1.52 bits per heavy atom. The quantitative estimate of drug-likeness (QED) is 0.924. The number of aromatic nitrogens is 1. The van der Waals surface area contributed by atoms with Crippen LogP contribution in [0.1, 0.15) is 30.2 Å². The fraction of sp³-hybridized carbons (Fsp3) is 0.412. The van der Waals surface area contributed by atoms with E-state index in [9.17, 15) is 4.79 Å². The molecule has 3 rings (SSSR count). The lowest BCUT2D eigenvalue weighted by atomic mass is 9.89. The van der Waals surface area contributed by atoms with Gasteiger partial charge in [0.15, 0.2) is 6.61 Å². The second-order valence-corrected chi connectivity index (χ2v) is 6.44. The maximum absolute atomic E-state index is 12.1. The van der Waals surface area contributed by atoms with Gasteiger partial charge in [0.05, 0.1) is 5.69 Å². The van der Waals surface area contributed by atoms with E-state index in [1.807, 2.05) is 6.92 Å². The van der Waals surface area contributed by atoms with Crippen LogP contribution in [0, 0.1) is 12.8 Å². The van der Waals surface area contributed by atoms with E-state index >= 15 is 0 Å². The zero-order valence-electron chi connectivity index (χ0n) is 13.2. The number of halogens is 1. The number of hydrogen-bond acceptors (Lipinski definition) is 4. The number of amides is 1. The molecule has 6 heteroatoms. The Bertz CT molecular complexity index is 727. The molecule has 1 atom stereocenters. The second-order valence-electron chi connectivity index (χ2n) is 6.03. The molecule has 0 spiro atoms. The first-order valence-electron chi connectivity index (χ1n) is 7.69. The molecule has 0 unspecified atom stereocenters. The molecule has 1 aliphatic rings. The van der Waals surface area contributed by atoms with Gasteiger partial charge in [-0.15, -0.1) is 0 Å². The summed E-state index contributed by atoms with van der Waals surface area (Å²) in [5.74, 6) is 1.36. The molecule has 1 N–H and O–H groups in total. The van der Waals surface area contributed by atoms with Crippen molar-refractivity contribution in [3.8, 4) is 5.75 Å². The summed E-state index contributed by atoms with van der Waals surface area (Å²) in [6, 6.07) is 5.28. The molecule has 1 aromatic heterocycles. The number of rotatable bonds is 4. The predicted octanol–water partition coefficient (Wildman–Crippen LogP) is 3.78. The van der Waals surface area contributed by atoms with Crippen LogP contribution < -0.4 is 10.1 Å². The van der Waals surface area contributed by atoms with Crippen LogP contribution in [0.25, 0.3) is 0 Å². The largest absolute Gasteiger partial charge is 0.484 e.